The minimum absolute atomic E-state index is 0.0140. The lowest BCUT2D eigenvalue weighted by Crippen LogP contribution is -2.19. The van der Waals surface area contributed by atoms with E-state index in [1.165, 1.54) is 18.2 Å². The van der Waals surface area contributed by atoms with E-state index >= 15 is 0 Å². The minimum Gasteiger partial charge on any atom is -0.462 e. The Hall–Kier alpha value is -3.12. The largest absolute Gasteiger partial charge is 0.462 e. The summed E-state index contributed by atoms with van der Waals surface area (Å²) in [5.41, 5.74) is 6.12. The number of benzene rings is 1. The van der Waals surface area contributed by atoms with E-state index in [1.807, 2.05) is 12.1 Å². The molecule has 0 aliphatic carbocycles. The van der Waals surface area contributed by atoms with E-state index in [1.54, 1.807) is 13.0 Å². The molecule has 0 aliphatic rings. The number of aromatic amines is 1. The zero-order valence-corrected chi connectivity index (χ0v) is 11.3. The first kappa shape index (κ1) is 14.3. The van der Waals surface area contributed by atoms with Crippen molar-refractivity contribution in [3.8, 4) is 29.1 Å². The number of H-pyrrole nitrogens is 1. The van der Waals surface area contributed by atoms with Crippen molar-refractivity contribution in [3.63, 3.8) is 0 Å². The van der Waals surface area contributed by atoms with Crippen molar-refractivity contribution in [2.24, 2.45) is 0 Å². The minimum atomic E-state index is -0.543. The lowest BCUT2D eigenvalue weighted by molar-refractivity contribution is -0.377. The summed E-state index contributed by atoms with van der Waals surface area (Å²) in [4.78, 5) is 2.67. The quantitative estimate of drug-likeness (QED) is 0.931. The monoisotopic (exact) mass is 283 g/mol. The molecule has 21 heavy (non-hydrogen) atoms. The summed E-state index contributed by atoms with van der Waals surface area (Å²) < 4.78 is 19.4. The van der Waals surface area contributed by atoms with Crippen molar-refractivity contribution >= 4 is 5.82 Å². The van der Waals surface area contributed by atoms with Gasteiger partial charge in [-0.2, -0.15) is 10.5 Å². The number of pyridine rings is 1. The predicted octanol–water partition coefficient (Wildman–Crippen LogP) is 2.03. The Morgan fingerprint density at radius 3 is 2.48 bits per heavy atom. The molecule has 6 heteroatoms. The first-order valence-corrected chi connectivity index (χ1v) is 6.20. The molecule has 2 aromatic rings. The number of nitrogen functional groups attached to an aromatic ring is 1. The molecule has 3 N–H and O–H groups in total. The third-order valence-corrected chi connectivity index (χ3v) is 2.90. The molecule has 104 valence electrons. The zero-order chi connectivity index (χ0) is 15.4. The van der Waals surface area contributed by atoms with Crippen molar-refractivity contribution in [2.75, 3.05) is 12.3 Å². The van der Waals surface area contributed by atoms with Gasteiger partial charge in [0, 0.05) is 11.1 Å². The summed E-state index contributed by atoms with van der Waals surface area (Å²) in [5.74, 6) is -0.397. The average molecular weight is 283 g/mol. The van der Waals surface area contributed by atoms with E-state index in [0.29, 0.717) is 6.61 Å². The van der Waals surface area contributed by atoms with Gasteiger partial charge in [-0.25, -0.2) is 9.37 Å². The van der Waals surface area contributed by atoms with Crippen LogP contribution in [-0.2, 0) is 0 Å². The fourth-order valence-corrected chi connectivity index (χ4v) is 2.03. The van der Waals surface area contributed by atoms with Crippen LogP contribution in [0, 0.1) is 28.5 Å². The van der Waals surface area contributed by atoms with Crippen LogP contribution in [-0.4, -0.2) is 6.61 Å². The second-order valence-corrected chi connectivity index (χ2v) is 4.13. The summed E-state index contributed by atoms with van der Waals surface area (Å²) >= 11 is 0. The zero-order valence-electron chi connectivity index (χ0n) is 11.3. The van der Waals surface area contributed by atoms with Gasteiger partial charge in [0.15, 0.2) is 5.56 Å². The number of nitrogens with zero attached hydrogens (tertiary/aromatic N) is 2. The number of halogens is 1. The number of hydrogen-bond donors (Lipinski definition) is 1. The van der Waals surface area contributed by atoms with E-state index < -0.39 is 5.82 Å². The predicted molar refractivity (Wildman–Crippen MR) is 73.4 cm³/mol. The number of nitrogens with one attached hydrogen (secondary N) is 1. The van der Waals surface area contributed by atoms with E-state index in [9.17, 15) is 14.9 Å². The maximum absolute atomic E-state index is 14.0. The highest BCUT2D eigenvalue weighted by atomic mass is 19.1. The highest BCUT2D eigenvalue weighted by molar-refractivity contribution is 5.81. The normalized spacial score (nSPS) is 9.71. The summed E-state index contributed by atoms with van der Waals surface area (Å²) in [6.07, 6.45) is 0. The van der Waals surface area contributed by atoms with Crippen molar-refractivity contribution in [3.05, 3.63) is 41.2 Å². The number of nitriles is 2. The molecule has 5 nitrogen and oxygen atoms in total. The molecule has 0 atom stereocenters. The molecule has 0 saturated heterocycles. The molecule has 0 radical (unpaired) electrons. The molecule has 0 bridgehead atoms. The molecule has 1 heterocycles. The highest BCUT2D eigenvalue weighted by Crippen LogP contribution is 2.34. The Morgan fingerprint density at radius 2 is 1.90 bits per heavy atom. The van der Waals surface area contributed by atoms with Crippen LogP contribution in [0.5, 0.6) is 5.88 Å². The Morgan fingerprint density at radius 1 is 1.24 bits per heavy atom. The Kier molecular flexibility index (Phi) is 4.01. The smallest absolute Gasteiger partial charge is 0.301 e. The Balaban J connectivity index is 2.89. The maximum atomic E-state index is 14.0. The molecule has 0 aliphatic heterocycles. The molecule has 1 aromatic carbocycles. The summed E-state index contributed by atoms with van der Waals surface area (Å²) in [6.45, 7) is 2.04. The topological polar surface area (TPSA) is 97.0 Å². The van der Waals surface area contributed by atoms with Gasteiger partial charge in [0.1, 0.15) is 23.5 Å². The van der Waals surface area contributed by atoms with Crippen LogP contribution >= 0.6 is 0 Å². The fraction of sp³-hybridized carbons (Fsp3) is 0.133. The van der Waals surface area contributed by atoms with Gasteiger partial charge in [-0.15, -0.1) is 0 Å². The van der Waals surface area contributed by atoms with E-state index in [0.717, 1.165) is 0 Å². The van der Waals surface area contributed by atoms with Crippen molar-refractivity contribution in [2.45, 2.75) is 6.92 Å². The fourth-order valence-electron chi connectivity index (χ4n) is 2.03. The van der Waals surface area contributed by atoms with Gasteiger partial charge in [-0.05, 0) is 13.0 Å². The number of rotatable bonds is 3. The SMILES string of the molecule is CCOc1[nH+]c(N)c(C#N)c(-c2ccccc2F)c1C#N. The number of ether oxygens (including phenoxy) is 1. The summed E-state index contributed by atoms with van der Waals surface area (Å²) in [6, 6.07) is 9.74. The lowest BCUT2D eigenvalue weighted by Gasteiger charge is -2.10. The summed E-state index contributed by atoms with van der Waals surface area (Å²) in [7, 11) is 0. The van der Waals surface area contributed by atoms with Crippen LogP contribution in [0.25, 0.3) is 11.1 Å². The third-order valence-electron chi connectivity index (χ3n) is 2.90. The van der Waals surface area contributed by atoms with Gasteiger partial charge in [-0.3, -0.25) is 5.73 Å². The van der Waals surface area contributed by atoms with Crippen molar-refractivity contribution in [1.29, 1.82) is 10.5 Å². The Labute approximate surface area is 121 Å². The average Bonchev–Trinajstić information content (AvgIpc) is 2.47. The molecule has 2 rings (SSSR count). The van der Waals surface area contributed by atoms with E-state index in [4.69, 9.17) is 10.5 Å². The molecular weight excluding hydrogens is 271 g/mol. The van der Waals surface area contributed by atoms with Crippen LogP contribution < -0.4 is 15.5 Å². The van der Waals surface area contributed by atoms with Crippen LogP contribution in [0.2, 0.25) is 0 Å². The number of hydrogen-bond acceptors (Lipinski definition) is 4. The number of nitrogens with two attached hydrogens (primary N) is 1. The van der Waals surface area contributed by atoms with Crippen LogP contribution in [0.4, 0.5) is 10.2 Å². The van der Waals surface area contributed by atoms with Gasteiger partial charge < -0.3 is 4.74 Å². The van der Waals surface area contributed by atoms with E-state index in [-0.39, 0.29) is 34.0 Å². The van der Waals surface area contributed by atoms with Gasteiger partial charge in [0.05, 0.1) is 6.61 Å². The van der Waals surface area contributed by atoms with Crippen molar-refractivity contribution in [1.82, 2.24) is 0 Å². The third kappa shape index (κ3) is 2.47. The van der Waals surface area contributed by atoms with E-state index in [2.05, 4.69) is 4.98 Å². The molecule has 0 saturated carbocycles. The van der Waals surface area contributed by atoms with Crippen LogP contribution in [0.1, 0.15) is 18.1 Å². The molecule has 1 aromatic heterocycles. The van der Waals surface area contributed by atoms with Crippen LogP contribution in [0.15, 0.2) is 24.3 Å². The molecule has 0 spiro atoms. The Bertz CT molecular complexity index is 774. The first-order chi connectivity index (χ1) is 10.1. The van der Waals surface area contributed by atoms with Gasteiger partial charge in [0.2, 0.25) is 0 Å². The number of aromatic nitrogens is 1. The summed E-state index contributed by atoms with van der Waals surface area (Å²) in [5, 5.41) is 18.6. The highest BCUT2D eigenvalue weighted by Gasteiger charge is 2.25. The number of anilines is 1. The first-order valence-electron chi connectivity index (χ1n) is 6.20. The van der Waals surface area contributed by atoms with Gasteiger partial charge >= 0.3 is 5.88 Å². The standard InChI is InChI=1S/C15H11FN4O/c1-2-21-15-11(8-18)13(10(7-17)14(19)20-15)9-5-3-4-6-12(9)16/h3-6H,2H2,1H3,(H2,19,20)/p+1. The second-order valence-electron chi connectivity index (χ2n) is 4.13. The maximum Gasteiger partial charge on any atom is 0.301 e. The second kappa shape index (κ2) is 5.89. The molecular formula is C15H12FN4O+. The molecule has 0 fully saturated rings. The van der Waals surface area contributed by atoms with Crippen LogP contribution in [0.3, 0.4) is 0 Å². The lowest BCUT2D eigenvalue weighted by atomic mass is 9.96. The van der Waals surface area contributed by atoms with Crippen molar-refractivity contribution < 1.29 is 14.1 Å². The van der Waals surface area contributed by atoms with Gasteiger partial charge in [-0.1, -0.05) is 18.2 Å². The molecule has 0 unspecified atom stereocenters. The van der Waals surface area contributed by atoms with Gasteiger partial charge in [0.25, 0.3) is 5.82 Å². The molecule has 0 amide bonds.